The Morgan fingerprint density at radius 1 is 1.14 bits per heavy atom. The normalized spacial score (nSPS) is 14.7. The fraction of sp³-hybridized carbons (Fsp3) is 0.250. The van der Waals surface area contributed by atoms with Crippen molar-refractivity contribution in [2.24, 2.45) is 0 Å². The summed E-state index contributed by atoms with van der Waals surface area (Å²) in [5, 5.41) is 0. The zero-order chi connectivity index (χ0) is 16.4. The second kappa shape index (κ2) is 5.93. The zero-order valence-electron chi connectivity index (χ0n) is 12.5. The molecule has 0 aliphatic carbocycles. The number of Topliss-reactive ketones (excluding diaryl/α,β-unsaturated/α-hetero) is 1. The molecule has 114 valence electrons. The van der Waals surface area contributed by atoms with Crippen molar-refractivity contribution in [3.05, 3.63) is 47.5 Å². The summed E-state index contributed by atoms with van der Waals surface area (Å²) < 4.78 is 0. The number of imide groups is 2. The van der Waals surface area contributed by atoms with Crippen molar-refractivity contribution < 1.29 is 19.2 Å². The number of nitrogens with zero attached hydrogens (tertiary/aromatic N) is 2. The van der Waals surface area contributed by atoms with Crippen molar-refractivity contribution >= 4 is 23.6 Å². The lowest BCUT2D eigenvalue weighted by atomic mass is 10.0. The number of rotatable bonds is 5. The Morgan fingerprint density at radius 2 is 1.77 bits per heavy atom. The maximum absolute atomic E-state index is 12.3. The van der Waals surface area contributed by atoms with Gasteiger partial charge in [0.1, 0.15) is 0 Å². The number of urea groups is 1. The number of amides is 4. The van der Waals surface area contributed by atoms with Crippen LogP contribution in [-0.2, 0) is 9.59 Å². The number of carbonyl (C=O) groups is 4. The van der Waals surface area contributed by atoms with Gasteiger partial charge in [-0.1, -0.05) is 23.8 Å². The van der Waals surface area contributed by atoms with Gasteiger partial charge < -0.3 is 0 Å². The van der Waals surface area contributed by atoms with Gasteiger partial charge in [0.05, 0.1) is 6.54 Å². The molecule has 1 aliphatic rings. The molecule has 1 aromatic rings. The van der Waals surface area contributed by atoms with Crippen LogP contribution in [0.3, 0.4) is 0 Å². The Bertz CT molecular complexity index is 693. The van der Waals surface area contributed by atoms with Gasteiger partial charge in [0.15, 0.2) is 5.78 Å². The Kier molecular flexibility index (Phi) is 4.21. The summed E-state index contributed by atoms with van der Waals surface area (Å²) in [4.78, 5) is 49.4. The van der Waals surface area contributed by atoms with Crippen LogP contribution < -0.4 is 0 Å². The average molecular weight is 300 g/mol. The molecule has 6 heteroatoms. The minimum Gasteiger partial charge on any atom is -0.292 e. The van der Waals surface area contributed by atoms with E-state index in [-0.39, 0.29) is 12.3 Å². The van der Waals surface area contributed by atoms with Crippen LogP contribution in [0.4, 0.5) is 4.79 Å². The summed E-state index contributed by atoms with van der Waals surface area (Å²) in [5.41, 5.74) is 2.09. The molecule has 0 radical (unpaired) electrons. The summed E-state index contributed by atoms with van der Waals surface area (Å²) in [6.45, 7) is 6.55. The predicted molar refractivity (Wildman–Crippen MR) is 79.3 cm³/mol. The van der Waals surface area contributed by atoms with Crippen molar-refractivity contribution in [3.63, 3.8) is 0 Å². The van der Waals surface area contributed by atoms with Crippen LogP contribution in [0.1, 0.15) is 21.5 Å². The highest BCUT2D eigenvalue weighted by Crippen LogP contribution is 2.16. The minimum absolute atomic E-state index is 0.0580. The van der Waals surface area contributed by atoms with Crippen molar-refractivity contribution in [2.75, 3.05) is 13.1 Å². The third-order valence-electron chi connectivity index (χ3n) is 3.44. The molecule has 0 spiro atoms. The van der Waals surface area contributed by atoms with Gasteiger partial charge in [-0.25, -0.2) is 9.69 Å². The molecule has 0 N–H and O–H groups in total. The fourth-order valence-corrected chi connectivity index (χ4v) is 2.24. The van der Waals surface area contributed by atoms with E-state index in [1.54, 1.807) is 19.1 Å². The number of benzene rings is 1. The van der Waals surface area contributed by atoms with E-state index in [1.165, 1.54) is 6.08 Å². The summed E-state index contributed by atoms with van der Waals surface area (Å²) in [6.07, 6.45) is 1.35. The summed E-state index contributed by atoms with van der Waals surface area (Å²) in [7, 11) is 0. The highest BCUT2D eigenvalue weighted by Gasteiger charge is 2.44. The summed E-state index contributed by atoms with van der Waals surface area (Å²) >= 11 is 0. The molecule has 1 aliphatic heterocycles. The smallest absolute Gasteiger partial charge is 0.292 e. The van der Waals surface area contributed by atoms with E-state index in [0.717, 1.165) is 16.0 Å². The van der Waals surface area contributed by atoms with E-state index >= 15 is 0 Å². The molecular formula is C16H16N2O4. The Hall–Kier alpha value is -2.76. The second-order valence-electron chi connectivity index (χ2n) is 5.12. The van der Waals surface area contributed by atoms with Gasteiger partial charge in [-0.3, -0.25) is 19.3 Å². The third-order valence-corrected chi connectivity index (χ3v) is 3.44. The van der Waals surface area contributed by atoms with Gasteiger partial charge in [0, 0.05) is 12.1 Å². The lowest BCUT2D eigenvalue weighted by Crippen LogP contribution is -2.37. The highest BCUT2D eigenvalue weighted by molar-refractivity contribution is 6.45. The van der Waals surface area contributed by atoms with Crippen molar-refractivity contribution in [1.29, 1.82) is 0 Å². The molecule has 4 amide bonds. The topological polar surface area (TPSA) is 74.8 Å². The molecule has 0 unspecified atom stereocenters. The maximum Gasteiger partial charge on any atom is 0.334 e. The maximum atomic E-state index is 12.3. The molecule has 1 saturated heterocycles. The lowest BCUT2D eigenvalue weighted by Gasteiger charge is -2.14. The largest absolute Gasteiger partial charge is 0.334 e. The van der Waals surface area contributed by atoms with Crippen molar-refractivity contribution in [1.82, 2.24) is 9.80 Å². The predicted octanol–water partition coefficient (Wildman–Crippen LogP) is 1.46. The molecule has 0 atom stereocenters. The monoisotopic (exact) mass is 300 g/mol. The number of carbonyl (C=O) groups excluding carboxylic acids is 4. The molecule has 6 nitrogen and oxygen atoms in total. The fourth-order valence-electron chi connectivity index (χ4n) is 2.24. The van der Waals surface area contributed by atoms with E-state index in [4.69, 9.17) is 0 Å². The lowest BCUT2D eigenvalue weighted by molar-refractivity contribution is -0.142. The van der Waals surface area contributed by atoms with Gasteiger partial charge >= 0.3 is 17.8 Å². The number of aryl methyl sites for hydroxylation is 2. The van der Waals surface area contributed by atoms with Crippen LogP contribution >= 0.6 is 0 Å². The first-order chi connectivity index (χ1) is 10.4. The Morgan fingerprint density at radius 3 is 2.41 bits per heavy atom. The minimum atomic E-state index is -0.981. The van der Waals surface area contributed by atoms with Crippen molar-refractivity contribution in [2.45, 2.75) is 13.8 Å². The number of hydrogen-bond acceptors (Lipinski definition) is 4. The summed E-state index contributed by atoms with van der Waals surface area (Å²) in [6, 6.07) is 4.58. The van der Waals surface area contributed by atoms with Crippen LogP contribution in [0.25, 0.3) is 0 Å². The molecule has 22 heavy (non-hydrogen) atoms. The zero-order valence-corrected chi connectivity index (χ0v) is 12.5. The van der Waals surface area contributed by atoms with E-state index in [0.29, 0.717) is 10.5 Å². The molecule has 1 heterocycles. The molecule has 1 fully saturated rings. The Labute approximate surface area is 128 Å². The molecule has 2 rings (SSSR count). The first-order valence-corrected chi connectivity index (χ1v) is 6.75. The van der Waals surface area contributed by atoms with E-state index in [9.17, 15) is 19.2 Å². The molecule has 0 bridgehead atoms. The SMILES string of the molecule is C=CCN1C(=O)C(=O)N(CC(=O)c2cc(C)ccc2C)C1=O. The van der Waals surface area contributed by atoms with E-state index < -0.39 is 24.4 Å². The van der Waals surface area contributed by atoms with Gasteiger partial charge in [-0.2, -0.15) is 0 Å². The van der Waals surface area contributed by atoms with Crippen LogP contribution in [0, 0.1) is 13.8 Å². The van der Waals surface area contributed by atoms with Crippen LogP contribution in [-0.4, -0.2) is 46.5 Å². The van der Waals surface area contributed by atoms with Crippen LogP contribution in [0.2, 0.25) is 0 Å². The van der Waals surface area contributed by atoms with E-state index in [2.05, 4.69) is 6.58 Å². The quantitative estimate of drug-likeness (QED) is 0.357. The van der Waals surface area contributed by atoms with E-state index in [1.807, 2.05) is 13.0 Å². The first-order valence-electron chi connectivity index (χ1n) is 6.75. The number of ketones is 1. The molecule has 0 saturated carbocycles. The summed E-state index contributed by atoms with van der Waals surface area (Å²) in [5.74, 6) is -2.29. The van der Waals surface area contributed by atoms with Gasteiger partial charge in [-0.05, 0) is 25.5 Å². The van der Waals surface area contributed by atoms with Gasteiger partial charge in [-0.15, -0.1) is 6.58 Å². The highest BCUT2D eigenvalue weighted by atomic mass is 16.2. The molecule has 0 aromatic heterocycles. The van der Waals surface area contributed by atoms with Gasteiger partial charge in [0.25, 0.3) is 0 Å². The third kappa shape index (κ3) is 2.67. The molecule has 1 aromatic carbocycles. The second-order valence-corrected chi connectivity index (χ2v) is 5.12. The van der Waals surface area contributed by atoms with Crippen molar-refractivity contribution in [3.8, 4) is 0 Å². The first kappa shape index (κ1) is 15.6. The standard InChI is InChI=1S/C16H16N2O4/c1-4-7-17-14(20)15(21)18(16(17)22)9-13(19)12-8-10(2)5-6-11(12)3/h4-6,8H,1,7,9H2,2-3H3. The Balaban J connectivity index is 2.23. The van der Waals surface area contributed by atoms with Crippen LogP contribution in [0.5, 0.6) is 0 Å². The number of hydrogen-bond donors (Lipinski definition) is 0. The molecular weight excluding hydrogens is 284 g/mol. The van der Waals surface area contributed by atoms with Gasteiger partial charge in [0.2, 0.25) is 0 Å². The van der Waals surface area contributed by atoms with Crippen LogP contribution in [0.15, 0.2) is 30.9 Å². The average Bonchev–Trinajstić information content (AvgIpc) is 2.67.